The van der Waals surface area contributed by atoms with E-state index in [-0.39, 0.29) is 17.8 Å². The predicted molar refractivity (Wildman–Crippen MR) is 113 cm³/mol. The number of aryl methyl sites for hydroxylation is 1. The van der Waals surface area contributed by atoms with E-state index in [9.17, 15) is 9.18 Å². The molecule has 28 heavy (non-hydrogen) atoms. The summed E-state index contributed by atoms with van der Waals surface area (Å²) >= 11 is 1.55. The van der Waals surface area contributed by atoms with Gasteiger partial charge in [0.05, 0.1) is 5.69 Å². The van der Waals surface area contributed by atoms with Crippen LogP contribution in [0.25, 0.3) is 11.3 Å². The monoisotopic (exact) mass is 397 g/mol. The predicted octanol–water partition coefficient (Wildman–Crippen LogP) is 5.02. The zero-order chi connectivity index (χ0) is 19.9. The van der Waals surface area contributed by atoms with Gasteiger partial charge in [-0.15, -0.1) is 11.3 Å². The summed E-state index contributed by atoms with van der Waals surface area (Å²) in [5.41, 5.74) is 4.26. The van der Waals surface area contributed by atoms with Crippen LogP contribution in [0.3, 0.4) is 0 Å². The molecule has 0 fully saturated rings. The van der Waals surface area contributed by atoms with Crippen LogP contribution in [0.2, 0.25) is 0 Å². The molecule has 0 saturated heterocycles. The average Bonchev–Trinajstić information content (AvgIpc) is 3.15. The Hall–Kier alpha value is -2.73. The number of amides is 1. The SMILES string of the molecule is CC(=O)N[C@@H](C)CCc1ccc(-c2csc(NCc3ccc(F)cc3)n2)cc1. The first-order chi connectivity index (χ1) is 13.5. The summed E-state index contributed by atoms with van der Waals surface area (Å²) in [4.78, 5) is 15.7. The van der Waals surface area contributed by atoms with Gasteiger partial charge in [-0.05, 0) is 43.0 Å². The number of nitrogens with zero attached hydrogens (tertiary/aromatic N) is 1. The summed E-state index contributed by atoms with van der Waals surface area (Å²) in [5.74, 6) is -0.219. The minimum atomic E-state index is -0.228. The minimum absolute atomic E-state index is 0.00946. The zero-order valence-corrected chi connectivity index (χ0v) is 16.9. The second kappa shape index (κ2) is 9.46. The van der Waals surface area contributed by atoms with Gasteiger partial charge in [0.1, 0.15) is 5.82 Å². The summed E-state index contributed by atoms with van der Waals surface area (Å²) in [6.45, 7) is 4.17. The molecule has 0 aliphatic heterocycles. The lowest BCUT2D eigenvalue weighted by Gasteiger charge is -2.12. The second-order valence-electron chi connectivity index (χ2n) is 6.86. The molecule has 0 bridgehead atoms. The Bertz CT molecular complexity index is 906. The summed E-state index contributed by atoms with van der Waals surface area (Å²) in [6.07, 6.45) is 1.83. The number of carbonyl (C=O) groups excluding carboxylic acids is 1. The molecule has 1 heterocycles. The Kier molecular flexibility index (Phi) is 6.76. The van der Waals surface area contributed by atoms with Crippen LogP contribution in [0.5, 0.6) is 0 Å². The highest BCUT2D eigenvalue weighted by atomic mass is 32.1. The topological polar surface area (TPSA) is 54.0 Å². The van der Waals surface area contributed by atoms with Gasteiger partial charge in [0, 0.05) is 30.5 Å². The van der Waals surface area contributed by atoms with Crippen molar-refractivity contribution in [3.8, 4) is 11.3 Å². The van der Waals surface area contributed by atoms with Gasteiger partial charge in [0.2, 0.25) is 5.91 Å². The van der Waals surface area contributed by atoms with E-state index in [1.807, 2.05) is 12.3 Å². The quantitative estimate of drug-likeness (QED) is 0.561. The van der Waals surface area contributed by atoms with E-state index in [0.717, 1.165) is 34.8 Å². The molecule has 2 N–H and O–H groups in total. The van der Waals surface area contributed by atoms with Gasteiger partial charge in [-0.25, -0.2) is 9.37 Å². The van der Waals surface area contributed by atoms with Gasteiger partial charge in [-0.1, -0.05) is 36.4 Å². The van der Waals surface area contributed by atoms with Crippen LogP contribution in [0.1, 0.15) is 31.4 Å². The van der Waals surface area contributed by atoms with E-state index in [1.54, 1.807) is 30.4 Å². The lowest BCUT2D eigenvalue weighted by atomic mass is 10.0. The summed E-state index contributed by atoms with van der Waals surface area (Å²) < 4.78 is 13.0. The van der Waals surface area contributed by atoms with Crippen molar-refractivity contribution < 1.29 is 9.18 Å². The summed E-state index contributed by atoms with van der Waals surface area (Å²) in [6, 6.07) is 15.0. The number of nitrogens with one attached hydrogen (secondary N) is 2. The maximum absolute atomic E-state index is 13.0. The third kappa shape index (κ3) is 5.89. The molecule has 0 unspecified atom stereocenters. The van der Waals surface area contributed by atoms with Crippen LogP contribution < -0.4 is 10.6 Å². The molecule has 3 aromatic rings. The number of hydrogen-bond donors (Lipinski definition) is 2. The van der Waals surface area contributed by atoms with E-state index >= 15 is 0 Å². The van der Waals surface area contributed by atoms with Crippen LogP contribution in [0.15, 0.2) is 53.9 Å². The number of aromatic nitrogens is 1. The molecule has 0 radical (unpaired) electrons. The molecular formula is C22H24FN3OS. The standard InChI is InChI=1S/C22H24FN3OS/c1-15(25-16(2)27)3-4-17-5-9-19(10-6-17)21-14-28-22(26-21)24-13-18-7-11-20(23)12-8-18/h5-12,14-15H,3-4,13H2,1-2H3,(H,24,26)(H,25,27)/t15-/m0/s1. The van der Waals surface area contributed by atoms with Crippen LogP contribution in [0, 0.1) is 5.82 Å². The molecule has 0 aliphatic rings. The number of thiazole rings is 1. The lowest BCUT2D eigenvalue weighted by molar-refractivity contribution is -0.119. The molecule has 1 amide bonds. The molecule has 1 aromatic heterocycles. The number of rotatable bonds is 8. The van der Waals surface area contributed by atoms with Gasteiger partial charge < -0.3 is 10.6 Å². The third-order valence-electron chi connectivity index (χ3n) is 4.43. The van der Waals surface area contributed by atoms with E-state index in [2.05, 4.69) is 39.9 Å². The Balaban J connectivity index is 1.54. The molecule has 4 nitrogen and oxygen atoms in total. The highest BCUT2D eigenvalue weighted by Gasteiger charge is 2.07. The molecule has 2 aromatic carbocycles. The van der Waals surface area contributed by atoms with Gasteiger partial charge >= 0.3 is 0 Å². The Morgan fingerprint density at radius 2 is 1.79 bits per heavy atom. The smallest absolute Gasteiger partial charge is 0.217 e. The fourth-order valence-corrected chi connectivity index (χ4v) is 3.63. The van der Waals surface area contributed by atoms with Crippen LogP contribution in [0.4, 0.5) is 9.52 Å². The molecule has 146 valence electrons. The van der Waals surface area contributed by atoms with Crippen molar-refractivity contribution in [1.29, 1.82) is 0 Å². The minimum Gasteiger partial charge on any atom is -0.357 e. The summed E-state index contributed by atoms with van der Waals surface area (Å²) in [7, 11) is 0. The van der Waals surface area contributed by atoms with Crippen LogP contribution >= 0.6 is 11.3 Å². The fraction of sp³-hybridized carbons (Fsp3) is 0.273. The van der Waals surface area contributed by atoms with Crippen molar-refractivity contribution in [2.75, 3.05) is 5.32 Å². The Morgan fingerprint density at radius 3 is 2.46 bits per heavy atom. The number of anilines is 1. The third-order valence-corrected chi connectivity index (χ3v) is 5.23. The van der Waals surface area contributed by atoms with Crippen molar-refractivity contribution in [3.63, 3.8) is 0 Å². The normalized spacial score (nSPS) is 11.8. The average molecular weight is 398 g/mol. The first-order valence-corrected chi connectivity index (χ1v) is 10.2. The van der Waals surface area contributed by atoms with Crippen LogP contribution in [-0.4, -0.2) is 16.9 Å². The number of benzene rings is 2. The maximum atomic E-state index is 13.0. The highest BCUT2D eigenvalue weighted by Crippen LogP contribution is 2.25. The van der Waals surface area contributed by atoms with E-state index in [1.165, 1.54) is 17.7 Å². The molecular weight excluding hydrogens is 373 g/mol. The molecule has 0 spiro atoms. The fourth-order valence-electron chi connectivity index (χ4n) is 2.91. The largest absolute Gasteiger partial charge is 0.357 e. The molecule has 6 heteroatoms. The van der Waals surface area contributed by atoms with Crippen molar-refractivity contribution >= 4 is 22.4 Å². The second-order valence-corrected chi connectivity index (χ2v) is 7.71. The van der Waals surface area contributed by atoms with Crippen molar-refractivity contribution in [3.05, 3.63) is 70.9 Å². The van der Waals surface area contributed by atoms with E-state index in [0.29, 0.717) is 6.54 Å². The molecule has 1 atom stereocenters. The Labute approximate surface area is 168 Å². The van der Waals surface area contributed by atoms with Gasteiger partial charge in [-0.2, -0.15) is 0 Å². The first kappa shape index (κ1) is 20.0. The summed E-state index contributed by atoms with van der Waals surface area (Å²) in [5, 5.41) is 9.06. The van der Waals surface area contributed by atoms with Gasteiger partial charge in [0.25, 0.3) is 0 Å². The zero-order valence-electron chi connectivity index (χ0n) is 16.0. The van der Waals surface area contributed by atoms with Gasteiger partial charge in [-0.3, -0.25) is 4.79 Å². The molecule has 3 rings (SSSR count). The lowest BCUT2D eigenvalue weighted by Crippen LogP contribution is -2.30. The number of hydrogen-bond acceptors (Lipinski definition) is 4. The molecule has 0 saturated carbocycles. The van der Waals surface area contributed by atoms with E-state index < -0.39 is 0 Å². The number of halogens is 1. The van der Waals surface area contributed by atoms with E-state index in [4.69, 9.17) is 0 Å². The maximum Gasteiger partial charge on any atom is 0.217 e. The van der Waals surface area contributed by atoms with Crippen LogP contribution in [-0.2, 0) is 17.8 Å². The van der Waals surface area contributed by atoms with Crippen molar-refractivity contribution in [2.24, 2.45) is 0 Å². The number of carbonyl (C=O) groups is 1. The Morgan fingerprint density at radius 1 is 1.11 bits per heavy atom. The first-order valence-electron chi connectivity index (χ1n) is 9.30. The van der Waals surface area contributed by atoms with Crippen molar-refractivity contribution in [1.82, 2.24) is 10.3 Å². The molecule has 0 aliphatic carbocycles. The van der Waals surface area contributed by atoms with Crippen molar-refractivity contribution in [2.45, 2.75) is 39.3 Å². The highest BCUT2D eigenvalue weighted by molar-refractivity contribution is 7.14. The van der Waals surface area contributed by atoms with Gasteiger partial charge in [0.15, 0.2) is 5.13 Å².